The minimum atomic E-state index is -0.257. The maximum Gasteiger partial charge on any atom is 0.254 e. The van der Waals surface area contributed by atoms with Gasteiger partial charge < -0.3 is 15.0 Å². The molecular formula is C15H22N2O2. The van der Waals surface area contributed by atoms with Gasteiger partial charge >= 0.3 is 0 Å². The van der Waals surface area contributed by atoms with Gasteiger partial charge in [-0.2, -0.15) is 0 Å². The summed E-state index contributed by atoms with van der Waals surface area (Å²) in [5.41, 5.74) is 2.54. The number of morpholine rings is 1. The number of nitrogens with one attached hydrogen (secondary N) is 1. The van der Waals surface area contributed by atoms with Crippen LogP contribution in [0.3, 0.4) is 0 Å². The second-order valence-electron chi connectivity index (χ2n) is 5.61. The van der Waals surface area contributed by atoms with E-state index < -0.39 is 0 Å². The highest BCUT2D eigenvalue weighted by atomic mass is 16.5. The number of hydrogen-bond donors (Lipinski definition) is 1. The molecule has 1 heterocycles. The Morgan fingerprint density at radius 3 is 2.74 bits per heavy atom. The van der Waals surface area contributed by atoms with Gasteiger partial charge in [-0.05, 0) is 44.5 Å². The van der Waals surface area contributed by atoms with Gasteiger partial charge in [-0.25, -0.2) is 0 Å². The third-order valence-corrected chi connectivity index (χ3v) is 3.46. The summed E-state index contributed by atoms with van der Waals surface area (Å²) in [7, 11) is 1.88. The van der Waals surface area contributed by atoms with E-state index in [1.807, 2.05) is 50.9 Å². The Morgan fingerprint density at radius 1 is 1.42 bits per heavy atom. The highest BCUT2D eigenvalue weighted by Crippen LogP contribution is 2.21. The maximum absolute atomic E-state index is 12.6. The normalized spacial score (nSPS) is 18.2. The molecule has 4 nitrogen and oxygen atoms in total. The van der Waals surface area contributed by atoms with E-state index in [2.05, 4.69) is 5.32 Å². The van der Waals surface area contributed by atoms with Crippen molar-refractivity contribution < 1.29 is 9.53 Å². The first-order valence-electron chi connectivity index (χ1n) is 6.64. The fraction of sp³-hybridized carbons (Fsp3) is 0.533. The average molecular weight is 262 g/mol. The Balaban J connectivity index is 2.20. The van der Waals surface area contributed by atoms with E-state index in [1.54, 1.807) is 0 Å². The molecule has 0 radical (unpaired) electrons. The smallest absolute Gasteiger partial charge is 0.254 e. The summed E-state index contributed by atoms with van der Waals surface area (Å²) in [6.45, 7) is 7.91. The Bertz CT molecular complexity index is 483. The third-order valence-electron chi connectivity index (χ3n) is 3.46. The lowest BCUT2D eigenvalue weighted by atomic mass is 10.0. The molecule has 19 heavy (non-hydrogen) atoms. The summed E-state index contributed by atoms with van der Waals surface area (Å²) in [6, 6.07) is 5.83. The maximum atomic E-state index is 12.6. The molecule has 1 aliphatic heterocycles. The van der Waals surface area contributed by atoms with Gasteiger partial charge in [0.05, 0.1) is 12.2 Å². The van der Waals surface area contributed by atoms with Gasteiger partial charge in [-0.3, -0.25) is 4.79 Å². The predicted octanol–water partition coefficient (Wildman–Crippen LogP) is 2.29. The van der Waals surface area contributed by atoms with Crippen LogP contribution in [0.25, 0.3) is 0 Å². The minimum absolute atomic E-state index is 0.0940. The fourth-order valence-electron chi connectivity index (χ4n) is 2.42. The van der Waals surface area contributed by atoms with Crippen LogP contribution >= 0.6 is 0 Å². The second kappa shape index (κ2) is 5.21. The Labute approximate surface area is 114 Å². The molecule has 1 aliphatic rings. The summed E-state index contributed by atoms with van der Waals surface area (Å²) in [5.74, 6) is 0.0940. The van der Waals surface area contributed by atoms with Crippen molar-refractivity contribution in [3.05, 3.63) is 29.3 Å². The van der Waals surface area contributed by atoms with Crippen LogP contribution in [0.15, 0.2) is 18.2 Å². The van der Waals surface area contributed by atoms with E-state index in [1.165, 1.54) is 0 Å². The number of ether oxygens (including phenoxy) is 1. The summed E-state index contributed by atoms with van der Waals surface area (Å²) in [4.78, 5) is 14.4. The van der Waals surface area contributed by atoms with Gasteiger partial charge in [0.1, 0.15) is 0 Å². The molecule has 0 unspecified atom stereocenters. The van der Waals surface area contributed by atoms with E-state index >= 15 is 0 Å². The third kappa shape index (κ3) is 3.07. The largest absolute Gasteiger partial charge is 0.388 e. The van der Waals surface area contributed by atoms with Crippen LogP contribution in [-0.4, -0.2) is 43.2 Å². The fourth-order valence-corrected chi connectivity index (χ4v) is 2.42. The molecule has 1 fully saturated rings. The molecule has 4 heteroatoms. The molecule has 0 atom stereocenters. The van der Waals surface area contributed by atoms with E-state index in [0.717, 1.165) is 16.8 Å². The van der Waals surface area contributed by atoms with Crippen molar-refractivity contribution in [2.45, 2.75) is 26.4 Å². The number of benzene rings is 1. The van der Waals surface area contributed by atoms with Crippen molar-refractivity contribution in [1.29, 1.82) is 0 Å². The van der Waals surface area contributed by atoms with Crippen molar-refractivity contribution in [3.63, 3.8) is 0 Å². The van der Waals surface area contributed by atoms with Gasteiger partial charge in [0.15, 0.2) is 0 Å². The summed E-state index contributed by atoms with van der Waals surface area (Å²) < 4.78 is 5.64. The van der Waals surface area contributed by atoms with Gasteiger partial charge in [0, 0.05) is 31.4 Å². The van der Waals surface area contributed by atoms with E-state index in [9.17, 15) is 4.79 Å². The first-order valence-corrected chi connectivity index (χ1v) is 6.64. The molecule has 0 aromatic heterocycles. The number of amides is 1. The highest BCUT2D eigenvalue weighted by molar-refractivity contribution is 5.96. The van der Waals surface area contributed by atoms with Crippen molar-refractivity contribution in [3.8, 4) is 0 Å². The minimum Gasteiger partial charge on any atom is -0.388 e. The molecule has 0 aliphatic carbocycles. The van der Waals surface area contributed by atoms with Crippen LogP contribution in [0.1, 0.15) is 29.8 Å². The first kappa shape index (κ1) is 13.9. The Morgan fingerprint density at radius 2 is 2.16 bits per heavy atom. The first-order chi connectivity index (χ1) is 8.93. The van der Waals surface area contributed by atoms with E-state index in [-0.39, 0.29) is 11.5 Å². The quantitative estimate of drug-likeness (QED) is 0.889. The molecule has 1 aromatic rings. The predicted molar refractivity (Wildman–Crippen MR) is 76.7 cm³/mol. The second-order valence-corrected chi connectivity index (χ2v) is 5.61. The monoisotopic (exact) mass is 262 g/mol. The zero-order valence-electron chi connectivity index (χ0n) is 12.1. The lowest BCUT2D eigenvalue weighted by molar-refractivity contribution is -0.0764. The molecule has 104 valence electrons. The number of anilines is 1. The van der Waals surface area contributed by atoms with Crippen molar-refractivity contribution >= 4 is 11.6 Å². The van der Waals surface area contributed by atoms with Gasteiger partial charge in [0.2, 0.25) is 0 Å². The number of nitrogens with zero attached hydrogens (tertiary/aromatic N) is 1. The zero-order valence-corrected chi connectivity index (χ0v) is 12.1. The number of carbonyl (C=O) groups is 1. The van der Waals surface area contributed by atoms with Gasteiger partial charge in [-0.15, -0.1) is 0 Å². The lowest BCUT2D eigenvalue weighted by Gasteiger charge is -2.38. The van der Waals surface area contributed by atoms with Crippen molar-refractivity contribution in [2.24, 2.45) is 0 Å². The number of hydrogen-bond acceptors (Lipinski definition) is 3. The molecule has 0 spiro atoms. The summed E-state index contributed by atoms with van der Waals surface area (Å²) in [5, 5.41) is 3.08. The molecule has 0 saturated carbocycles. The number of carbonyl (C=O) groups excluding carboxylic acids is 1. The average Bonchev–Trinajstić information content (AvgIpc) is 2.36. The molecular weight excluding hydrogens is 240 g/mol. The lowest BCUT2D eigenvalue weighted by Crippen LogP contribution is -2.50. The van der Waals surface area contributed by atoms with Crippen molar-refractivity contribution in [1.82, 2.24) is 4.90 Å². The van der Waals surface area contributed by atoms with Gasteiger partial charge in [-0.1, -0.05) is 0 Å². The zero-order chi connectivity index (χ0) is 14.0. The molecule has 1 saturated heterocycles. The van der Waals surface area contributed by atoms with Crippen LogP contribution in [0.5, 0.6) is 0 Å². The highest BCUT2D eigenvalue weighted by Gasteiger charge is 2.30. The van der Waals surface area contributed by atoms with E-state index in [4.69, 9.17) is 4.74 Å². The van der Waals surface area contributed by atoms with Gasteiger partial charge in [0.25, 0.3) is 5.91 Å². The molecule has 2 rings (SSSR count). The molecule has 1 amide bonds. The Kier molecular flexibility index (Phi) is 3.80. The van der Waals surface area contributed by atoms with Crippen LogP contribution < -0.4 is 5.32 Å². The van der Waals surface area contributed by atoms with Crippen LogP contribution in [0, 0.1) is 6.92 Å². The van der Waals surface area contributed by atoms with Crippen LogP contribution in [0.4, 0.5) is 5.69 Å². The molecule has 0 bridgehead atoms. The van der Waals surface area contributed by atoms with Crippen LogP contribution in [0.2, 0.25) is 0 Å². The molecule has 1 N–H and O–H groups in total. The Hall–Kier alpha value is -1.55. The standard InChI is InChI=1S/C15H22N2O2/c1-11-9-12(16-4)5-6-13(11)14(18)17-7-8-19-15(2,3)10-17/h5-6,9,16H,7-8,10H2,1-4H3. The van der Waals surface area contributed by atoms with E-state index in [0.29, 0.717) is 19.7 Å². The SMILES string of the molecule is CNc1ccc(C(=O)N2CCOC(C)(C)C2)c(C)c1. The number of aryl methyl sites for hydroxylation is 1. The van der Waals surface area contributed by atoms with Crippen molar-refractivity contribution in [2.75, 3.05) is 32.1 Å². The number of rotatable bonds is 2. The topological polar surface area (TPSA) is 41.6 Å². The van der Waals surface area contributed by atoms with Crippen LogP contribution in [-0.2, 0) is 4.74 Å². The summed E-state index contributed by atoms with van der Waals surface area (Å²) >= 11 is 0. The summed E-state index contributed by atoms with van der Waals surface area (Å²) in [6.07, 6.45) is 0. The molecule has 1 aromatic carbocycles.